The smallest absolute Gasteiger partial charge is 0.338 e. The Morgan fingerprint density at radius 1 is 0.947 bits per heavy atom. The monoisotopic (exact) mass is 536 g/mol. The number of methoxy groups -OCH3 is 2. The van der Waals surface area contributed by atoms with Gasteiger partial charge in [0.2, 0.25) is 6.29 Å². The number of hydrogen-bond donors (Lipinski definition) is 6. The molecule has 208 valence electrons. The van der Waals surface area contributed by atoms with Gasteiger partial charge in [-0.2, -0.15) is 0 Å². The van der Waals surface area contributed by atoms with Crippen molar-refractivity contribution in [2.45, 2.75) is 49.1 Å². The van der Waals surface area contributed by atoms with Crippen LogP contribution < -0.4 is 14.2 Å². The second-order valence-electron chi connectivity index (χ2n) is 9.41. The minimum Gasteiger partial charge on any atom is -0.504 e. The summed E-state index contributed by atoms with van der Waals surface area (Å²) in [4.78, 5) is 12.6. The van der Waals surface area contributed by atoms with Gasteiger partial charge in [0.05, 0.1) is 27.4 Å². The van der Waals surface area contributed by atoms with Crippen LogP contribution in [0.4, 0.5) is 0 Å². The summed E-state index contributed by atoms with van der Waals surface area (Å²) in [5.74, 6) is -0.804. The maximum atomic E-state index is 12.6. The van der Waals surface area contributed by atoms with Gasteiger partial charge < -0.3 is 54.3 Å². The number of phenolic OH excluding ortho intramolecular Hbond substituents is 1. The summed E-state index contributed by atoms with van der Waals surface area (Å²) in [7, 11) is 3.03. The van der Waals surface area contributed by atoms with Crippen molar-refractivity contribution in [3.05, 3.63) is 47.5 Å². The van der Waals surface area contributed by atoms with Crippen molar-refractivity contribution in [1.82, 2.24) is 0 Å². The van der Waals surface area contributed by atoms with Gasteiger partial charge in [0.1, 0.15) is 24.4 Å². The van der Waals surface area contributed by atoms with Crippen LogP contribution in [0, 0.1) is 5.92 Å². The molecule has 0 bridgehead atoms. The summed E-state index contributed by atoms with van der Waals surface area (Å²) >= 11 is 0. The van der Waals surface area contributed by atoms with E-state index in [1.54, 1.807) is 12.1 Å². The third-order valence-corrected chi connectivity index (χ3v) is 6.96. The van der Waals surface area contributed by atoms with Crippen molar-refractivity contribution in [1.29, 1.82) is 0 Å². The molecular weight excluding hydrogens is 504 g/mol. The number of hydrogen-bond acceptors (Lipinski definition) is 12. The van der Waals surface area contributed by atoms with Crippen LogP contribution in [0.3, 0.4) is 0 Å². The molecule has 0 saturated carbocycles. The van der Waals surface area contributed by atoms with Gasteiger partial charge in [-0.05, 0) is 41.8 Å². The topological polar surface area (TPSA) is 185 Å². The van der Waals surface area contributed by atoms with Gasteiger partial charge in [-0.15, -0.1) is 0 Å². The minimum atomic E-state index is -1.86. The Hall–Kier alpha value is -3.13. The summed E-state index contributed by atoms with van der Waals surface area (Å²) in [6, 6.07) is 9.45. The van der Waals surface area contributed by atoms with Crippen LogP contribution in [0.15, 0.2) is 36.4 Å². The molecule has 2 saturated heterocycles. The highest BCUT2D eigenvalue weighted by molar-refractivity contribution is 5.82. The lowest BCUT2D eigenvalue weighted by Gasteiger charge is -2.39. The lowest BCUT2D eigenvalue weighted by atomic mass is 9.81. The van der Waals surface area contributed by atoms with Crippen molar-refractivity contribution in [3.63, 3.8) is 0 Å². The molecule has 6 N–H and O–H groups in total. The second kappa shape index (κ2) is 11.3. The molecule has 4 rings (SSSR count). The molecule has 7 atom stereocenters. The summed E-state index contributed by atoms with van der Waals surface area (Å²) in [5.41, 5.74) is -0.656. The quantitative estimate of drug-likeness (QED) is 0.221. The van der Waals surface area contributed by atoms with Gasteiger partial charge in [-0.3, -0.25) is 0 Å². The number of benzene rings is 2. The van der Waals surface area contributed by atoms with Crippen molar-refractivity contribution in [2.75, 3.05) is 27.4 Å². The highest BCUT2D eigenvalue weighted by atomic mass is 16.7. The number of aliphatic hydroxyl groups excluding tert-OH is 4. The van der Waals surface area contributed by atoms with Crippen LogP contribution in [0.5, 0.6) is 23.0 Å². The number of phenols is 1. The Morgan fingerprint density at radius 2 is 1.63 bits per heavy atom. The highest BCUT2D eigenvalue weighted by Gasteiger charge is 2.51. The van der Waals surface area contributed by atoms with E-state index in [9.17, 15) is 35.4 Å². The van der Waals surface area contributed by atoms with E-state index in [4.69, 9.17) is 23.7 Å². The largest absolute Gasteiger partial charge is 0.504 e. The average Bonchev–Trinajstić information content (AvgIpc) is 3.18. The Balaban J connectivity index is 1.48. The third kappa shape index (κ3) is 5.37. The maximum Gasteiger partial charge on any atom is 0.338 e. The molecule has 2 aliphatic rings. The van der Waals surface area contributed by atoms with Gasteiger partial charge >= 0.3 is 5.97 Å². The van der Waals surface area contributed by atoms with Crippen LogP contribution in [0.25, 0.3) is 0 Å². The first-order valence-corrected chi connectivity index (χ1v) is 12.0. The molecule has 12 heteroatoms. The van der Waals surface area contributed by atoms with Gasteiger partial charge in [-0.25, -0.2) is 4.79 Å². The van der Waals surface area contributed by atoms with Crippen LogP contribution >= 0.6 is 0 Å². The minimum absolute atomic E-state index is 0.00790. The van der Waals surface area contributed by atoms with E-state index < -0.39 is 54.8 Å². The zero-order valence-corrected chi connectivity index (χ0v) is 20.9. The molecule has 2 heterocycles. The molecule has 0 unspecified atom stereocenters. The SMILES string of the molecule is COc1ccc(C[C@H]2COC(=O)[C@]2(O)Cc2ccc(O[C@@H]3O[C@H](CO)[C@H](O)[C@H](O)[C@H]3O)c(O)c2)cc1OC. The third-order valence-electron chi connectivity index (χ3n) is 6.96. The highest BCUT2D eigenvalue weighted by Crippen LogP contribution is 2.37. The number of carbonyl (C=O) groups excluding carboxylic acids is 1. The van der Waals surface area contributed by atoms with Crippen molar-refractivity contribution < 1.29 is 59.1 Å². The molecule has 0 aromatic heterocycles. The standard InChI is InChI=1S/C26H32O12/c1-34-18-6-3-13(9-19(18)35-2)7-15-12-36-25(32)26(15,33)10-14-4-5-17(16(28)8-14)37-24-23(31)22(30)21(29)20(11-27)38-24/h3-6,8-9,15,20-24,27-31,33H,7,10-12H2,1-2H3/t15-,20+,21-,22-,23+,24+,26-/m0/s1. The number of carbonyl (C=O) groups is 1. The number of aliphatic hydroxyl groups is 5. The molecular formula is C26H32O12. The second-order valence-corrected chi connectivity index (χ2v) is 9.41. The lowest BCUT2D eigenvalue weighted by molar-refractivity contribution is -0.277. The summed E-state index contributed by atoms with van der Waals surface area (Å²) in [5, 5.41) is 61.2. The lowest BCUT2D eigenvalue weighted by Crippen LogP contribution is -2.60. The number of rotatable bonds is 9. The van der Waals surface area contributed by atoms with Crippen molar-refractivity contribution >= 4 is 5.97 Å². The molecule has 0 radical (unpaired) electrons. The predicted molar refractivity (Wildman–Crippen MR) is 129 cm³/mol. The number of cyclic esters (lactones) is 1. The molecule has 2 fully saturated rings. The Labute approximate surface area is 218 Å². The van der Waals surface area contributed by atoms with E-state index in [1.165, 1.54) is 32.4 Å². The fourth-order valence-corrected chi connectivity index (χ4v) is 4.72. The molecule has 0 spiro atoms. The van der Waals surface area contributed by atoms with Gasteiger partial charge in [0, 0.05) is 12.3 Å². The summed E-state index contributed by atoms with van der Waals surface area (Å²) in [6.45, 7) is -0.622. The van der Waals surface area contributed by atoms with E-state index in [0.29, 0.717) is 23.5 Å². The van der Waals surface area contributed by atoms with Crippen molar-refractivity contribution in [3.8, 4) is 23.0 Å². The van der Waals surface area contributed by atoms with E-state index in [2.05, 4.69) is 0 Å². The zero-order valence-electron chi connectivity index (χ0n) is 20.9. The van der Waals surface area contributed by atoms with Gasteiger partial charge in [0.25, 0.3) is 0 Å². The maximum absolute atomic E-state index is 12.6. The van der Waals surface area contributed by atoms with Gasteiger partial charge in [-0.1, -0.05) is 12.1 Å². The number of ether oxygens (including phenoxy) is 5. The molecule has 0 aliphatic carbocycles. The number of aromatic hydroxyl groups is 1. The van der Waals surface area contributed by atoms with E-state index in [1.807, 2.05) is 6.07 Å². The molecule has 2 aliphatic heterocycles. The summed E-state index contributed by atoms with van der Waals surface area (Å²) < 4.78 is 26.6. The summed E-state index contributed by atoms with van der Waals surface area (Å²) in [6.07, 6.45) is -7.35. The first kappa shape index (κ1) is 27.9. The predicted octanol–water partition coefficient (Wildman–Crippen LogP) is -0.723. The van der Waals surface area contributed by atoms with Crippen LogP contribution in [-0.4, -0.2) is 100 Å². The van der Waals surface area contributed by atoms with Gasteiger partial charge in [0.15, 0.2) is 28.6 Å². The molecule has 12 nitrogen and oxygen atoms in total. The van der Waals surface area contributed by atoms with E-state index >= 15 is 0 Å². The molecule has 38 heavy (non-hydrogen) atoms. The Kier molecular flexibility index (Phi) is 8.31. The molecule has 0 amide bonds. The molecule has 2 aromatic rings. The van der Waals surface area contributed by atoms with E-state index in [0.717, 1.165) is 5.56 Å². The fourth-order valence-electron chi connectivity index (χ4n) is 4.72. The molecule has 2 aromatic carbocycles. The van der Waals surface area contributed by atoms with Crippen molar-refractivity contribution in [2.24, 2.45) is 5.92 Å². The van der Waals surface area contributed by atoms with Crippen LogP contribution in [-0.2, 0) is 27.1 Å². The fraction of sp³-hybridized carbons (Fsp3) is 0.500. The number of esters is 1. The first-order valence-electron chi connectivity index (χ1n) is 12.0. The van der Waals surface area contributed by atoms with Crippen LogP contribution in [0.1, 0.15) is 11.1 Å². The first-order chi connectivity index (χ1) is 18.1. The zero-order chi connectivity index (χ0) is 27.6. The normalized spacial score (nSPS) is 31.1. The average molecular weight is 537 g/mol. The van der Waals surface area contributed by atoms with Crippen LogP contribution in [0.2, 0.25) is 0 Å². The Bertz CT molecular complexity index is 1140. The Morgan fingerprint density at radius 3 is 2.29 bits per heavy atom. The van der Waals surface area contributed by atoms with E-state index in [-0.39, 0.29) is 24.5 Å².